The minimum Gasteiger partial charge on any atom is -0.340 e. The van der Waals surface area contributed by atoms with E-state index in [1.807, 2.05) is 24.3 Å². The monoisotopic (exact) mass is 452 g/mol. The number of rotatable bonds is 4. The lowest BCUT2D eigenvalue weighted by atomic mass is 9.87. The van der Waals surface area contributed by atoms with E-state index in [1.165, 1.54) is 6.33 Å². The third-order valence-corrected chi connectivity index (χ3v) is 5.20. The highest BCUT2D eigenvalue weighted by molar-refractivity contribution is 9.10. The highest BCUT2D eigenvalue weighted by Crippen LogP contribution is 2.28. The third-order valence-electron chi connectivity index (χ3n) is 4.70. The maximum absolute atomic E-state index is 12.5. The highest BCUT2D eigenvalue weighted by atomic mass is 79.9. The second-order valence-corrected chi connectivity index (χ2v) is 7.85. The number of halogens is 1. The van der Waals surface area contributed by atoms with Gasteiger partial charge in [0.25, 0.3) is 0 Å². The number of Topliss-reactive ketones (excluding diaryl/α,β-unsaturated/α-hetero) is 2. The van der Waals surface area contributed by atoms with Crippen molar-refractivity contribution in [1.82, 2.24) is 9.97 Å². The minimum atomic E-state index is -0.620. The van der Waals surface area contributed by atoms with Crippen LogP contribution in [0.2, 0.25) is 0 Å². The van der Waals surface area contributed by atoms with Gasteiger partial charge in [0, 0.05) is 34.1 Å². The minimum absolute atomic E-state index is 0.0677. The number of amides is 1. The summed E-state index contributed by atoms with van der Waals surface area (Å²) < 4.78 is 0.936. The van der Waals surface area contributed by atoms with E-state index >= 15 is 0 Å². The van der Waals surface area contributed by atoms with Crippen LogP contribution in [0.15, 0.2) is 53.3 Å². The van der Waals surface area contributed by atoms with Gasteiger partial charge in [0.15, 0.2) is 0 Å². The largest absolute Gasteiger partial charge is 0.340 e. The average molecular weight is 453 g/mol. The number of benzene rings is 2. The molecule has 1 aliphatic rings. The molecule has 2 aromatic carbocycles. The van der Waals surface area contributed by atoms with Crippen molar-refractivity contribution in [3.8, 4) is 0 Å². The zero-order valence-electron chi connectivity index (χ0n) is 15.3. The molecule has 0 aliphatic heterocycles. The summed E-state index contributed by atoms with van der Waals surface area (Å²) in [5.41, 5.74) is 2.13. The molecule has 4 rings (SSSR count). The number of ketones is 2. The van der Waals surface area contributed by atoms with E-state index in [0.717, 1.165) is 21.1 Å². The van der Waals surface area contributed by atoms with Crippen LogP contribution < -0.4 is 10.6 Å². The predicted molar refractivity (Wildman–Crippen MR) is 113 cm³/mol. The molecular formula is C21H17BrN4O3. The summed E-state index contributed by atoms with van der Waals surface area (Å²) in [6.07, 6.45) is 1.61. The first kappa shape index (κ1) is 19.2. The van der Waals surface area contributed by atoms with E-state index in [9.17, 15) is 14.4 Å². The summed E-state index contributed by atoms with van der Waals surface area (Å²) >= 11 is 3.44. The van der Waals surface area contributed by atoms with Gasteiger partial charge in [-0.05, 0) is 36.4 Å². The van der Waals surface area contributed by atoms with Crippen LogP contribution in [0, 0.1) is 5.92 Å². The molecule has 1 aromatic heterocycles. The smallest absolute Gasteiger partial charge is 0.228 e. The summed E-state index contributed by atoms with van der Waals surface area (Å²) in [6.45, 7) is 0. The summed E-state index contributed by atoms with van der Waals surface area (Å²) in [6, 6.07) is 13.0. The molecule has 0 saturated heterocycles. The van der Waals surface area contributed by atoms with E-state index in [4.69, 9.17) is 0 Å². The zero-order valence-corrected chi connectivity index (χ0v) is 16.9. The van der Waals surface area contributed by atoms with Crippen molar-refractivity contribution in [2.75, 3.05) is 10.6 Å². The van der Waals surface area contributed by atoms with Crippen molar-refractivity contribution in [2.45, 2.75) is 19.3 Å². The number of carbonyl (C=O) groups is 3. The molecule has 1 heterocycles. The average Bonchev–Trinajstić information content (AvgIpc) is 2.68. The van der Waals surface area contributed by atoms with E-state index in [2.05, 4.69) is 36.5 Å². The molecule has 0 spiro atoms. The summed E-state index contributed by atoms with van der Waals surface area (Å²) in [5, 5.41) is 6.81. The molecule has 29 heavy (non-hydrogen) atoms. The van der Waals surface area contributed by atoms with Gasteiger partial charge in [-0.15, -0.1) is 0 Å². The Bertz CT molecular complexity index is 1120. The third kappa shape index (κ3) is 4.48. The Labute approximate surface area is 175 Å². The van der Waals surface area contributed by atoms with Crippen LogP contribution in [-0.2, 0) is 14.4 Å². The molecule has 146 valence electrons. The zero-order chi connectivity index (χ0) is 20.4. The van der Waals surface area contributed by atoms with Crippen LogP contribution in [0.25, 0.3) is 10.9 Å². The highest BCUT2D eigenvalue weighted by Gasteiger charge is 2.30. The lowest BCUT2D eigenvalue weighted by Crippen LogP contribution is -2.32. The SMILES string of the molecule is O=C1CC(=O)CC(C(=O)Nc2ccc3ncnc(Nc4cccc(Br)c4)c3c2)C1. The van der Waals surface area contributed by atoms with Crippen molar-refractivity contribution in [2.24, 2.45) is 5.92 Å². The number of hydrogen-bond donors (Lipinski definition) is 2. The van der Waals surface area contributed by atoms with Crippen LogP contribution in [0.4, 0.5) is 17.2 Å². The normalized spacial score (nSPS) is 14.8. The van der Waals surface area contributed by atoms with Gasteiger partial charge < -0.3 is 10.6 Å². The number of nitrogens with zero attached hydrogens (tertiary/aromatic N) is 2. The fraction of sp³-hybridized carbons (Fsp3) is 0.190. The van der Waals surface area contributed by atoms with Gasteiger partial charge in [-0.2, -0.15) is 0 Å². The van der Waals surface area contributed by atoms with Gasteiger partial charge in [0.05, 0.1) is 17.9 Å². The Kier molecular flexibility index (Phi) is 5.35. The number of aromatic nitrogens is 2. The quantitative estimate of drug-likeness (QED) is 0.579. The predicted octanol–water partition coefficient (Wildman–Crippen LogP) is 4.01. The van der Waals surface area contributed by atoms with Crippen LogP contribution in [0.5, 0.6) is 0 Å². The maximum atomic E-state index is 12.5. The molecule has 8 heteroatoms. The molecule has 7 nitrogen and oxygen atoms in total. The first-order valence-corrected chi connectivity index (χ1v) is 9.89. The number of hydrogen-bond acceptors (Lipinski definition) is 6. The number of carbonyl (C=O) groups excluding carboxylic acids is 3. The molecule has 0 unspecified atom stereocenters. The topological polar surface area (TPSA) is 101 Å². The molecule has 0 radical (unpaired) electrons. The van der Waals surface area contributed by atoms with Gasteiger partial charge in [0.1, 0.15) is 23.7 Å². The van der Waals surface area contributed by atoms with Gasteiger partial charge in [-0.25, -0.2) is 9.97 Å². The molecule has 1 amide bonds. The van der Waals surface area contributed by atoms with Crippen molar-refractivity contribution in [3.63, 3.8) is 0 Å². The fourth-order valence-electron chi connectivity index (χ4n) is 3.35. The van der Waals surface area contributed by atoms with Crippen molar-refractivity contribution in [1.29, 1.82) is 0 Å². The van der Waals surface area contributed by atoms with Crippen LogP contribution in [0.3, 0.4) is 0 Å². The van der Waals surface area contributed by atoms with E-state index in [0.29, 0.717) is 11.5 Å². The van der Waals surface area contributed by atoms with Crippen LogP contribution >= 0.6 is 15.9 Å². The van der Waals surface area contributed by atoms with Crippen molar-refractivity contribution in [3.05, 3.63) is 53.3 Å². The maximum Gasteiger partial charge on any atom is 0.228 e. The van der Waals surface area contributed by atoms with Crippen molar-refractivity contribution < 1.29 is 14.4 Å². The van der Waals surface area contributed by atoms with Gasteiger partial charge >= 0.3 is 0 Å². The number of fused-ring (bicyclic) bond motifs is 1. The number of nitrogens with one attached hydrogen (secondary N) is 2. The standard InChI is InChI=1S/C21H17BrN4O3/c22-13-2-1-3-14(8-13)25-20-18-9-15(4-5-19(18)23-11-24-20)26-21(29)12-6-16(27)10-17(28)7-12/h1-5,8-9,11-12H,6-7,10H2,(H,26,29)(H,23,24,25). The summed E-state index contributed by atoms with van der Waals surface area (Å²) in [7, 11) is 0. The van der Waals surface area contributed by atoms with Gasteiger partial charge in [0.2, 0.25) is 5.91 Å². The Morgan fingerprint density at radius 2 is 1.79 bits per heavy atom. The Morgan fingerprint density at radius 1 is 1.00 bits per heavy atom. The molecule has 0 atom stereocenters. The van der Waals surface area contributed by atoms with Gasteiger partial charge in [-0.1, -0.05) is 22.0 Å². The van der Waals surface area contributed by atoms with Crippen LogP contribution in [0.1, 0.15) is 19.3 Å². The van der Waals surface area contributed by atoms with E-state index < -0.39 is 5.92 Å². The summed E-state index contributed by atoms with van der Waals surface area (Å²) in [4.78, 5) is 44.4. The lowest BCUT2D eigenvalue weighted by Gasteiger charge is -2.19. The molecule has 1 aliphatic carbocycles. The summed E-state index contributed by atoms with van der Waals surface area (Å²) in [5.74, 6) is -0.718. The van der Waals surface area contributed by atoms with Crippen LogP contribution in [-0.4, -0.2) is 27.4 Å². The molecule has 3 aromatic rings. The Hall–Kier alpha value is -3.13. The second-order valence-electron chi connectivity index (χ2n) is 6.94. The van der Waals surface area contributed by atoms with E-state index in [-0.39, 0.29) is 36.7 Å². The lowest BCUT2D eigenvalue weighted by molar-refractivity contribution is -0.136. The first-order chi connectivity index (χ1) is 14.0. The number of anilines is 3. The van der Waals surface area contributed by atoms with Crippen molar-refractivity contribution >= 4 is 61.5 Å². The molecule has 0 bridgehead atoms. The Morgan fingerprint density at radius 3 is 2.55 bits per heavy atom. The first-order valence-electron chi connectivity index (χ1n) is 9.09. The molecular weight excluding hydrogens is 436 g/mol. The molecule has 1 saturated carbocycles. The fourth-order valence-corrected chi connectivity index (χ4v) is 3.75. The molecule has 2 N–H and O–H groups in total. The second kappa shape index (κ2) is 8.08. The van der Waals surface area contributed by atoms with E-state index in [1.54, 1.807) is 18.2 Å². The molecule has 1 fully saturated rings. The van der Waals surface area contributed by atoms with Gasteiger partial charge in [-0.3, -0.25) is 14.4 Å². The Balaban J connectivity index is 1.59.